The molecule has 1 N–H and O–H groups in total. The topological polar surface area (TPSA) is 75.7 Å². The van der Waals surface area contributed by atoms with Gasteiger partial charge >= 0.3 is 0 Å². The van der Waals surface area contributed by atoms with Gasteiger partial charge in [-0.2, -0.15) is 0 Å². The summed E-state index contributed by atoms with van der Waals surface area (Å²) < 4.78 is 31.1. The lowest BCUT2D eigenvalue weighted by Gasteiger charge is -2.25. The van der Waals surface area contributed by atoms with Crippen molar-refractivity contribution in [3.63, 3.8) is 0 Å². The van der Waals surface area contributed by atoms with E-state index < -0.39 is 10.0 Å². The molecule has 1 unspecified atom stereocenters. The predicted octanol–water partition coefficient (Wildman–Crippen LogP) is 4.47. The molecule has 1 amide bonds. The molecule has 0 aliphatic carbocycles. The van der Waals surface area contributed by atoms with Crippen LogP contribution in [0.4, 0.5) is 5.69 Å². The van der Waals surface area contributed by atoms with E-state index in [4.69, 9.17) is 16.3 Å². The van der Waals surface area contributed by atoms with Crippen molar-refractivity contribution in [2.24, 2.45) is 0 Å². The Balaban J connectivity index is 2.00. The zero-order valence-electron chi connectivity index (χ0n) is 17.8. The number of carbonyl (C=O) groups is 1. The highest BCUT2D eigenvalue weighted by Gasteiger charge is 2.21. The van der Waals surface area contributed by atoms with Crippen molar-refractivity contribution in [3.8, 4) is 5.75 Å². The summed E-state index contributed by atoms with van der Waals surface area (Å²) in [5, 5.41) is 3.53. The van der Waals surface area contributed by atoms with Crippen molar-refractivity contribution >= 4 is 33.2 Å². The van der Waals surface area contributed by atoms with Crippen molar-refractivity contribution in [1.82, 2.24) is 5.32 Å². The minimum absolute atomic E-state index is 0.107. The molecule has 0 aliphatic heterocycles. The summed E-state index contributed by atoms with van der Waals surface area (Å²) in [6, 6.07) is 12.6. The minimum atomic E-state index is -3.50. The molecule has 0 spiro atoms. The largest absolute Gasteiger partial charge is 0.497 e. The molecular weight excluding hydrogens is 424 g/mol. The van der Waals surface area contributed by atoms with E-state index in [1.807, 2.05) is 31.2 Å². The maximum Gasteiger partial charge on any atom is 0.232 e. The summed E-state index contributed by atoms with van der Waals surface area (Å²) >= 11 is 6.15. The van der Waals surface area contributed by atoms with Crippen LogP contribution in [0.1, 0.15) is 43.4 Å². The molecule has 0 radical (unpaired) electrons. The molecule has 2 aromatic rings. The van der Waals surface area contributed by atoms with Gasteiger partial charge in [-0.15, -0.1) is 0 Å². The van der Waals surface area contributed by atoms with Crippen LogP contribution in [-0.4, -0.2) is 34.2 Å². The molecular formula is C22H29ClN2O4S. The number of hydrogen-bond donors (Lipinski definition) is 1. The van der Waals surface area contributed by atoms with Crippen LogP contribution >= 0.6 is 11.6 Å². The molecule has 0 saturated heterocycles. The fourth-order valence-electron chi connectivity index (χ4n) is 3.24. The van der Waals surface area contributed by atoms with Gasteiger partial charge in [0.1, 0.15) is 5.75 Å². The molecule has 0 aliphatic rings. The molecule has 0 saturated carbocycles. The standard InChI is InChI=1S/C22H29ClN2O4S/c1-5-20(17-11-13-18(29-3)14-12-17)24-22(26)10-7-15-25(30(4,27)28)21-9-6-8-19(23)16(21)2/h6,8-9,11-14,20H,5,7,10,15H2,1-4H3,(H,24,26). The smallest absolute Gasteiger partial charge is 0.232 e. The number of amides is 1. The number of benzene rings is 2. The molecule has 0 heterocycles. The monoisotopic (exact) mass is 452 g/mol. The quantitative estimate of drug-likeness (QED) is 0.577. The lowest BCUT2D eigenvalue weighted by molar-refractivity contribution is -0.121. The third-order valence-corrected chi connectivity index (χ3v) is 6.52. The SMILES string of the molecule is CCC(NC(=O)CCCN(c1cccc(Cl)c1C)S(C)(=O)=O)c1ccc(OC)cc1. The van der Waals surface area contributed by atoms with E-state index in [0.29, 0.717) is 22.7 Å². The predicted molar refractivity (Wildman–Crippen MR) is 122 cm³/mol. The number of ether oxygens (including phenoxy) is 1. The normalized spacial score (nSPS) is 12.3. The zero-order valence-corrected chi connectivity index (χ0v) is 19.4. The van der Waals surface area contributed by atoms with Crippen LogP contribution in [0.3, 0.4) is 0 Å². The van der Waals surface area contributed by atoms with E-state index in [-0.39, 0.29) is 24.9 Å². The van der Waals surface area contributed by atoms with Crippen molar-refractivity contribution in [3.05, 3.63) is 58.6 Å². The van der Waals surface area contributed by atoms with E-state index >= 15 is 0 Å². The van der Waals surface area contributed by atoms with E-state index in [1.54, 1.807) is 32.2 Å². The maximum absolute atomic E-state index is 12.5. The molecule has 6 nitrogen and oxygen atoms in total. The highest BCUT2D eigenvalue weighted by atomic mass is 35.5. The molecule has 2 aromatic carbocycles. The van der Waals surface area contributed by atoms with E-state index in [0.717, 1.165) is 24.0 Å². The van der Waals surface area contributed by atoms with Gasteiger partial charge in [-0.3, -0.25) is 9.10 Å². The number of methoxy groups -OCH3 is 1. The second-order valence-corrected chi connectivity index (χ2v) is 9.44. The van der Waals surface area contributed by atoms with Gasteiger partial charge < -0.3 is 10.1 Å². The van der Waals surface area contributed by atoms with Crippen molar-refractivity contribution in [2.75, 3.05) is 24.2 Å². The van der Waals surface area contributed by atoms with Gasteiger partial charge in [0.15, 0.2) is 0 Å². The van der Waals surface area contributed by atoms with Crippen LogP contribution in [-0.2, 0) is 14.8 Å². The van der Waals surface area contributed by atoms with Gasteiger partial charge in [0.25, 0.3) is 0 Å². The second-order valence-electron chi connectivity index (χ2n) is 7.12. The fraction of sp³-hybridized carbons (Fsp3) is 0.409. The summed E-state index contributed by atoms with van der Waals surface area (Å²) in [4.78, 5) is 12.5. The average molecular weight is 453 g/mol. The molecule has 0 fully saturated rings. The lowest BCUT2D eigenvalue weighted by Crippen LogP contribution is -2.33. The maximum atomic E-state index is 12.5. The summed E-state index contributed by atoms with van der Waals surface area (Å²) in [5.74, 6) is 0.644. The van der Waals surface area contributed by atoms with Crippen LogP contribution in [0.25, 0.3) is 0 Å². The molecule has 164 valence electrons. The van der Waals surface area contributed by atoms with Crippen molar-refractivity contribution in [1.29, 1.82) is 0 Å². The summed E-state index contributed by atoms with van der Waals surface area (Å²) in [6.45, 7) is 3.98. The van der Waals surface area contributed by atoms with Gasteiger partial charge in [0.2, 0.25) is 15.9 Å². The average Bonchev–Trinajstić information content (AvgIpc) is 2.71. The van der Waals surface area contributed by atoms with Crippen molar-refractivity contribution in [2.45, 2.75) is 39.2 Å². The number of rotatable bonds is 10. The Morgan fingerprint density at radius 2 is 1.87 bits per heavy atom. The Morgan fingerprint density at radius 3 is 2.43 bits per heavy atom. The minimum Gasteiger partial charge on any atom is -0.497 e. The summed E-state index contributed by atoms with van der Waals surface area (Å²) in [7, 11) is -1.89. The number of nitrogens with one attached hydrogen (secondary N) is 1. The Morgan fingerprint density at radius 1 is 1.20 bits per heavy atom. The van der Waals surface area contributed by atoms with Gasteiger partial charge in [0, 0.05) is 18.0 Å². The van der Waals surface area contributed by atoms with E-state index in [9.17, 15) is 13.2 Å². The highest BCUT2D eigenvalue weighted by molar-refractivity contribution is 7.92. The van der Waals surface area contributed by atoms with Gasteiger partial charge in [-0.25, -0.2) is 8.42 Å². The zero-order chi connectivity index (χ0) is 22.3. The van der Waals surface area contributed by atoms with E-state index in [2.05, 4.69) is 5.32 Å². The number of halogens is 1. The third-order valence-electron chi connectivity index (χ3n) is 4.93. The Hall–Kier alpha value is -2.25. The van der Waals surface area contributed by atoms with Gasteiger partial charge in [0.05, 0.1) is 25.1 Å². The van der Waals surface area contributed by atoms with Crippen molar-refractivity contribution < 1.29 is 17.9 Å². The molecule has 1 atom stereocenters. The van der Waals surface area contributed by atoms with Gasteiger partial charge in [-0.1, -0.05) is 36.7 Å². The third kappa shape index (κ3) is 6.37. The van der Waals surface area contributed by atoms with E-state index in [1.165, 1.54) is 4.31 Å². The second kappa shape index (κ2) is 10.7. The first kappa shape index (κ1) is 24.0. The van der Waals surface area contributed by atoms with Crippen LogP contribution in [0.15, 0.2) is 42.5 Å². The molecule has 0 bridgehead atoms. The first-order valence-corrected chi connectivity index (χ1v) is 12.1. The Bertz CT molecular complexity index is 962. The van der Waals surface area contributed by atoms with Crippen LogP contribution in [0.2, 0.25) is 5.02 Å². The number of carbonyl (C=O) groups excluding carboxylic acids is 1. The summed E-state index contributed by atoms with van der Waals surface area (Å²) in [5.41, 5.74) is 2.23. The van der Waals surface area contributed by atoms with Crippen LogP contribution < -0.4 is 14.4 Å². The fourth-order valence-corrected chi connectivity index (χ4v) is 4.42. The van der Waals surface area contributed by atoms with Gasteiger partial charge in [-0.05, 0) is 55.2 Å². The first-order valence-electron chi connectivity index (χ1n) is 9.83. The summed E-state index contributed by atoms with van der Waals surface area (Å²) in [6.07, 6.45) is 2.52. The highest BCUT2D eigenvalue weighted by Crippen LogP contribution is 2.28. The molecule has 8 heteroatoms. The molecule has 0 aromatic heterocycles. The number of nitrogens with zero attached hydrogens (tertiary/aromatic N) is 1. The molecule has 2 rings (SSSR count). The first-order chi connectivity index (χ1) is 14.2. The number of hydrogen-bond acceptors (Lipinski definition) is 4. The Kier molecular flexibility index (Phi) is 8.55. The lowest BCUT2D eigenvalue weighted by atomic mass is 10.0. The number of sulfonamides is 1. The van der Waals surface area contributed by atoms with Crippen LogP contribution in [0, 0.1) is 6.92 Å². The Labute approximate surface area is 184 Å². The number of anilines is 1. The molecule has 30 heavy (non-hydrogen) atoms. The van der Waals surface area contributed by atoms with Crippen LogP contribution in [0.5, 0.6) is 5.75 Å².